The van der Waals surface area contributed by atoms with E-state index in [1.165, 1.54) is 123 Å². The fourth-order valence-electron chi connectivity index (χ4n) is 13.5. The van der Waals surface area contributed by atoms with Gasteiger partial charge in [0, 0.05) is 45.0 Å². The minimum atomic E-state index is -0.148. The lowest BCUT2D eigenvalue weighted by Gasteiger charge is -2.46. The summed E-state index contributed by atoms with van der Waals surface area (Å²) >= 11 is 0. The smallest absolute Gasteiger partial charge is 0.252 e. The molecule has 13 rings (SSSR count). The second kappa shape index (κ2) is 16.1. The summed E-state index contributed by atoms with van der Waals surface area (Å²) in [5.74, 6) is 0. The van der Waals surface area contributed by atoms with E-state index in [2.05, 4.69) is 282 Å². The van der Waals surface area contributed by atoms with Gasteiger partial charge in [-0.05, 0) is 165 Å². The molecule has 4 aliphatic rings. The topological polar surface area (TPSA) is 6.48 Å². The van der Waals surface area contributed by atoms with E-state index in [1.807, 2.05) is 0 Å². The van der Waals surface area contributed by atoms with Crippen molar-refractivity contribution in [3.05, 3.63) is 221 Å². The monoisotopic (exact) mass is 973 g/mol. The molecule has 0 bridgehead atoms. The van der Waals surface area contributed by atoms with Gasteiger partial charge in [0.1, 0.15) is 0 Å². The van der Waals surface area contributed by atoms with Gasteiger partial charge in [0.05, 0.1) is 0 Å². The van der Waals surface area contributed by atoms with Crippen LogP contribution in [0.1, 0.15) is 129 Å². The molecular formula is C72H69BN2. The molecule has 0 fully saturated rings. The standard InChI is InChI=1S/C72H69BN2/c1-68(2,3)46-34-36-61-59(40-46)73-60-41-47(69(4,5)6)35-37-62(60)75(50-25-19-23-45(39-50)52-29-21-33-58-66(52)54-27-15-17-31-56(54)72(58,12)13)64-43-48(70(7,8)9)42-63(67(64)73)74(61)49-24-18-22-44(38-49)51-28-20-32-57-65(51)53-26-14-16-30-55(53)71(57,10)11/h14-43H,1-13H3. The summed E-state index contributed by atoms with van der Waals surface area (Å²) in [6.07, 6.45) is 0. The maximum absolute atomic E-state index is 2.62. The molecule has 0 radical (unpaired) electrons. The van der Waals surface area contributed by atoms with Crippen molar-refractivity contribution in [1.82, 2.24) is 0 Å². The van der Waals surface area contributed by atoms with Crippen LogP contribution in [0.3, 0.4) is 0 Å². The molecule has 370 valence electrons. The molecule has 3 heteroatoms. The van der Waals surface area contributed by atoms with Crippen molar-refractivity contribution in [2.45, 2.75) is 117 Å². The summed E-state index contributed by atoms with van der Waals surface area (Å²) in [6.45, 7) is 30.8. The minimum absolute atomic E-state index is 0.00950. The molecule has 9 aromatic rings. The Kier molecular flexibility index (Phi) is 10.2. The minimum Gasteiger partial charge on any atom is -0.311 e. The Morgan fingerprint density at radius 1 is 0.333 bits per heavy atom. The molecule has 0 spiro atoms. The third-order valence-corrected chi connectivity index (χ3v) is 17.7. The van der Waals surface area contributed by atoms with Crippen LogP contribution < -0.4 is 26.2 Å². The van der Waals surface area contributed by atoms with Gasteiger partial charge in [0.15, 0.2) is 0 Å². The van der Waals surface area contributed by atoms with Crippen LogP contribution >= 0.6 is 0 Å². The maximum Gasteiger partial charge on any atom is 0.252 e. The van der Waals surface area contributed by atoms with Crippen LogP contribution in [-0.4, -0.2) is 6.71 Å². The Labute approximate surface area is 447 Å². The van der Waals surface area contributed by atoms with Gasteiger partial charge in [-0.3, -0.25) is 0 Å². The summed E-state index contributed by atoms with van der Waals surface area (Å²) in [4.78, 5) is 5.24. The van der Waals surface area contributed by atoms with Crippen LogP contribution in [0.2, 0.25) is 0 Å². The molecule has 0 unspecified atom stereocenters. The van der Waals surface area contributed by atoms with Gasteiger partial charge in [0.25, 0.3) is 6.71 Å². The molecule has 2 aliphatic heterocycles. The first-order valence-corrected chi connectivity index (χ1v) is 27.4. The zero-order valence-electron chi connectivity index (χ0n) is 46.3. The number of anilines is 6. The van der Waals surface area contributed by atoms with E-state index in [1.54, 1.807) is 0 Å². The molecule has 0 saturated carbocycles. The van der Waals surface area contributed by atoms with Crippen LogP contribution in [0.5, 0.6) is 0 Å². The van der Waals surface area contributed by atoms with Crippen molar-refractivity contribution in [2.24, 2.45) is 0 Å². The lowest BCUT2D eigenvalue weighted by Crippen LogP contribution is -2.61. The summed E-state index contributed by atoms with van der Waals surface area (Å²) < 4.78 is 0. The van der Waals surface area contributed by atoms with E-state index in [0.717, 1.165) is 11.4 Å². The molecular weight excluding hydrogens is 904 g/mol. The molecule has 2 heterocycles. The number of hydrogen-bond donors (Lipinski definition) is 0. The maximum atomic E-state index is 2.62. The lowest BCUT2D eigenvalue weighted by atomic mass is 9.33. The number of nitrogens with zero attached hydrogens (tertiary/aromatic N) is 2. The molecule has 0 atom stereocenters. The third-order valence-electron chi connectivity index (χ3n) is 17.7. The van der Waals surface area contributed by atoms with Crippen LogP contribution in [0.15, 0.2) is 182 Å². The van der Waals surface area contributed by atoms with Gasteiger partial charge >= 0.3 is 0 Å². The average molecular weight is 973 g/mol. The fraction of sp³-hybridized carbons (Fsp3) is 0.250. The number of rotatable bonds is 4. The van der Waals surface area contributed by atoms with Gasteiger partial charge in [-0.1, -0.05) is 223 Å². The normalized spacial score (nSPS) is 15.4. The van der Waals surface area contributed by atoms with Crippen LogP contribution in [0.25, 0.3) is 44.5 Å². The average Bonchev–Trinajstić information content (AvgIpc) is 3.78. The van der Waals surface area contributed by atoms with E-state index >= 15 is 0 Å². The summed E-state index contributed by atoms with van der Waals surface area (Å²) in [6, 6.07) is 70.7. The zero-order chi connectivity index (χ0) is 52.3. The molecule has 2 nitrogen and oxygen atoms in total. The third kappa shape index (κ3) is 7.06. The highest BCUT2D eigenvalue weighted by atomic mass is 15.2. The Hall–Kier alpha value is -7.36. The molecule has 75 heavy (non-hydrogen) atoms. The van der Waals surface area contributed by atoms with Crippen molar-refractivity contribution < 1.29 is 0 Å². The van der Waals surface area contributed by atoms with Gasteiger partial charge in [-0.15, -0.1) is 0 Å². The summed E-state index contributed by atoms with van der Waals surface area (Å²) in [5, 5.41) is 0. The Bertz CT molecular complexity index is 3620. The van der Waals surface area contributed by atoms with Crippen molar-refractivity contribution >= 4 is 57.2 Å². The Morgan fingerprint density at radius 2 is 0.707 bits per heavy atom. The van der Waals surface area contributed by atoms with E-state index in [4.69, 9.17) is 0 Å². The van der Waals surface area contributed by atoms with Crippen molar-refractivity contribution in [3.63, 3.8) is 0 Å². The highest BCUT2D eigenvalue weighted by Gasteiger charge is 2.46. The predicted octanol–water partition coefficient (Wildman–Crippen LogP) is 17.6. The number of benzene rings is 9. The number of fused-ring (bicyclic) bond motifs is 10. The van der Waals surface area contributed by atoms with Crippen LogP contribution in [0.4, 0.5) is 34.1 Å². The highest BCUT2D eigenvalue weighted by Crippen LogP contribution is 2.55. The predicted molar refractivity (Wildman–Crippen MR) is 323 cm³/mol. The molecule has 0 saturated heterocycles. The summed E-state index contributed by atoms with van der Waals surface area (Å²) in [7, 11) is 0. The molecule has 2 aliphatic carbocycles. The van der Waals surface area contributed by atoms with E-state index < -0.39 is 0 Å². The van der Waals surface area contributed by atoms with Gasteiger partial charge in [-0.25, -0.2) is 0 Å². The highest BCUT2D eigenvalue weighted by molar-refractivity contribution is 7.00. The Balaban J connectivity index is 1.08. The Morgan fingerprint density at radius 3 is 1.12 bits per heavy atom. The largest absolute Gasteiger partial charge is 0.311 e. The van der Waals surface area contributed by atoms with Crippen LogP contribution in [-0.2, 0) is 27.1 Å². The van der Waals surface area contributed by atoms with Crippen molar-refractivity contribution in [3.8, 4) is 44.5 Å². The second-order valence-electron chi connectivity index (χ2n) is 26.2. The van der Waals surface area contributed by atoms with E-state index in [9.17, 15) is 0 Å². The first kappa shape index (κ1) is 47.4. The van der Waals surface area contributed by atoms with Gasteiger partial charge in [-0.2, -0.15) is 0 Å². The van der Waals surface area contributed by atoms with E-state index in [-0.39, 0.29) is 33.8 Å². The van der Waals surface area contributed by atoms with Crippen LogP contribution in [0, 0.1) is 0 Å². The second-order valence-corrected chi connectivity index (χ2v) is 26.2. The molecule has 0 amide bonds. The zero-order valence-corrected chi connectivity index (χ0v) is 46.3. The van der Waals surface area contributed by atoms with Crippen molar-refractivity contribution in [1.29, 1.82) is 0 Å². The summed E-state index contributed by atoms with van der Waals surface area (Å²) in [5.41, 5.74) is 30.9. The quantitative estimate of drug-likeness (QED) is 0.162. The number of hydrogen-bond acceptors (Lipinski definition) is 2. The van der Waals surface area contributed by atoms with E-state index in [0.29, 0.717) is 0 Å². The van der Waals surface area contributed by atoms with Crippen molar-refractivity contribution in [2.75, 3.05) is 9.80 Å². The first-order chi connectivity index (χ1) is 35.6. The first-order valence-electron chi connectivity index (χ1n) is 27.4. The van der Waals surface area contributed by atoms with Gasteiger partial charge < -0.3 is 9.80 Å². The fourth-order valence-corrected chi connectivity index (χ4v) is 13.5. The molecule has 9 aromatic carbocycles. The SMILES string of the molecule is CC(C)(C)c1ccc2c(c1)B1c3cc(C(C)(C)C)ccc3N(c3cccc(-c4cccc5c4-c4ccccc4C5(C)C)c3)c3cc(C(C)(C)C)cc(c31)N2c1cccc(-c2cccc3c2-c2ccccc2C3(C)C)c1. The van der Waals surface area contributed by atoms with Gasteiger partial charge in [0.2, 0.25) is 0 Å². The molecule has 0 N–H and O–H groups in total. The molecule has 0 aromatic heterocycles. The lowest BCUT2D eigenvalue weighted by molar-refractivity contribution is 0.590.